The lowest BCUT2D eigenvalue weighted by molar-refractivity contribution is -0.126. The van der Waals surface area contributed by atoms with Crippen LogP contribution in [0.15, 0.2) is 42.5 Å². The molecule has 3 aromatic rings. The van der Waals surface area contributed by atoms with E-state index in [4.69, 9.17) is 9.47 Å². The highest BCUT2D eigenvalue weighted by Crippen LogP contribution is 2.37. The molecule has 3 heterocycles. The van der Waals surface area contributed by atoms with Gasteiger partial charge in [-0.3, -0.25) is 9.59 Å². The minimum Gasteiger partial charge on any atom is -0.454 e. The number of fused-ring (bicyclic) bond motifs is 2. The number of carbonyl (C=O) groups excluding carboxylic acids is 2. The summed E-state index contributed by atoms with van der Waals surface area (Å²) in [5.41, 5.74) is 2.68. The fraction of sp³-hybridized carbons (Fsp3) is 0.318. The molecule has 0 saturated carbocycles. The molecular formula is C22H22N4O4. The highest BCUT2D eigenvalue weighted by atomic mass is 16.7. The van der Waals surface area contributed by atoms with E-state index in [0.717, 1.165) is 23.4 Å². The number of hydrogen-bond donors (Lipinski definition) is 1. The largest absolute Gasteiger partial charge is 0.454 e. The molecule has 0 radical (unpaired) electrons. The first kappa shape index (κ1) is 18.5. The van der Waals surface area contributed by atoms with Crippen LogP contribution < -0.4 is 19.7 Å². The molecule has 1 N–H and O–H groups in total. The Labute approximate surface area is 173 Å². The summed E-state index contributed by atoms with van der Waals surface area (Å²) in [5, 5.41) is 2.96. The number of carbonyl (C=O) groups is 2. The number of ether oxygens (including phenoxy) is 2. The zero-order valence-corrected chi connectivity index (χ0v) is 16.6. The SMILES string of the molecule is CCn1c(CNC(=O)C2CC(=O)N(c3ccc4c(c3)OCO4)C2)nc2ccccc21. The maximum atomic E-state index is 12.8. The summed E-state index contributed by atoms with van der Waals surface area (Å²) >= 11 is 0. The molecule has 154 valence electrons. The Hall–Kier alpha value is -3.55. The van der Waals surface area contributed by atoms with Crippen LogP contribution >= 0.6 is 0 Å². The van der Waals surface area contributed by atoms with Crippen LogP contribution in [-0.2, 0) is 22.7 Å². The van der Waals surface area contributed by atoms with Crippen molar-refractivity contribution in [1.82, 2.24) is 14.9 Å². The van der Waals surface area contributed by atoms with Crippen molar-refractivity contribution >= 4 is 28.5 Å². The molecule has 30 heavy (non-hydrogen) atoms. The van der Waals surface area contributed by atoms with Crippen LogP contribution in [0.25, 0.3) is 11.0 Å². The lowest BCUT2D eigenvalue weighted by atomic mass is 10.1. The van der Waals surface area contributed by atoms with Crippen LogP contribution in [0.2, 0.25) is 0 Å². The predicted molar refractivity (Wildman–Crippen MR) is 110 cm³/mol. The monoisotopic (exact) mass is 406 g/mol. The van der Waals surface area contributed by atoms with Crippen molar-refractivity contribution < 1.29 is 19.1 Å². The quantitative estimate of drug-likeness (QED) is 0.704. The molecule has 5 rings (SSSR count). The summed E-state index contributed by atoms with van der Waals surface area (Å²) in [6.07, 6.45) is 0.185. The summed E-state index contributed by atoms with van der Waals surface area (Å²) < 4.78 is 12.8. The van der Waals surface area contributed by atoms with Gasteiger partial charge in [0.15, 0.2) is 11.5 Å². The van der Waals surface area contributed by atoms with Crippen molar-refractivity contribution in [2.75, 3.05) is 18.2 Å². The highest BCUT2D eigenvalue weighted by Gasteiger charge is 2.35. The molecule has 8 nitrogen and oxygen atoms in total. The van der Waals surface area contributed by atoms with Crippen molar-refractivity contribution in [2.45, 2.75) is 26.4 Å². The van der Waals surface area contributed by atoms with Crippen molar-refractivity contribution in [3.05, 3.63) is 48.3 Å². The van der Waals surface area contributed by atoms with Crippen molar-refractivity contribution in [2.24, 2.45) is 5.92 Å². The van der Waals surface area contributed by atoms with Crippen LogP contribution in [0.1, 0.15) is 19.2 Å². The topological polar surface area (TPSA) is 85.7 Å². The third-order valence-electron chi connectivity index (χ3n) is 5.63. The number of benzene rings is 2. The molecular weight excluding hydrogens is 384 g/mol. The number of aryl methyl sites for hydroxylation is 1. The highest BCUT2D eigenvalue weighted by molar-refractivity contribution is 6.00. The minimum absolute atomic E-state index is 0.0742. The van der Waals surface area contributed by atoms with Crippen molar-refractivity contribution in [3.63, 3.8) is 0 Å². The molecule has 2 amide bonds. The Morgan fingerprint density at radius 3 is 2.90 bits per heavy atom. The summed E-state index contributed by atoms with van der Waals surface area (Å²) in [6.45, 7) is 3.68. The average Bonchev–Trinajstić information content (AvgIpc) is 3.47. The van der Waals surface area contributed by atoms with E-state index in [1.165, 1.54) is 0 Å². The molecule has 1 atom stereocenters. The molecule has 1 fully saturated rings. The maximum absolute atomic E-state index is 12.8. The number of aromatic nitrogens is 2. The Balaban J connectivity index is 1.27. The van der Waals surface area contributed by atoms with Crippen LogP contribution in [0.4, 0.5) is 5.69 Å². The first-order valence-corrected chi connectivity index (χ1v) is 10.1. The lowest BCUT2D eigenvalue weighted by Crippen LogP contribution is -2.33. The van der Waals surface area contributed by atoms with E-state index in [9.17, 15) is 9.59 Å². The van der Waals surface area contributed by atoms with E-state index >= 15 is 0 Å². The lowest BCUT2D eigenvalue weighted by Gasteiger charge is -2.17. The maximum Gasteiger partial charge on any atom is 0.231 e. The zero-order valence-electron chi connectivity index (χ0n) is 16.6. The molecule has 2 aromatic carbocycles. The first-order valence-electron chi connectivity index (χ1n) is 10.1. The summed E-state index contributed by atoms with van der Waals surface area (Å²) in [4.78, 5) is 31.6. The number of nitrogens with zero attached hydrogens (tertiary/aromatic N) is 3. The Morgan fingerprint density at radius 1 is 1.20 bits per heavy atom. The van der Waals surface area contributed by atoms with Gasteiger partial charge in [0.05, 0.1) is 23.5 Å². The van der Waals surface area contributed by atoms with Gasteiger partial charge in [-0.1, -0.05) is 12.1 Å². The van der Waals surface area contributed by atoms with Gasteiger partial charge >= 0.3 is 0 Å². The van der Waals surface area contributed by atoms with E-state index in [1.54, 1.807) is 17.0 Å². The number of nitrogens with one attached hydrogen (secondary N) is 1. The first-order chi connectivity index (χ1) is 14.6. The van der Waals surface area contributed by atoms with Gasteiger partial charge in [0.25, 0.3) is 0 Å². The minimum atomic E-state index is -0.401. The fourth-order valence-electron chi connectivity index (χ4n) is 4.11. The van der Waals surface area contributed by atoms with E-state index in [2.05, 4.69) is 21.8 Å². The molecule has 1 saturated heterocycles. The molecule has 2 aliphatic rings. The van der Waals surface area contributed by atoms with Gasteiger partial charge in [0.2, 0.25) is 18.6 Å². The number of hydrogen-bond acceptors (Lipinski definition) is 5. The van der Waals surface area contributed by atoms with Gasteiger partial charge in [-0.15, -0.1) is 0 Å². The molecule has 0 spiro atoms. The standard InChI is InChI=1S/C22H22N4O4/c1-2-25-17-6-4-3-5-16(17)24-20(25)11-23-22(28)14-9-21(27)26(12-14)15-7-8-18-19(10-15)30-13-29-18/h3-8,10,14H,2,9,11-13H2,1H3,(H,23,28). The number of rotatable bonds is 5. The molecule has 1 aromatic heterocycles. The zero-order chi connectivity index (χ0) is 20.7. The van der Waals surface area contributed by atoms with Crippen LogP contribution in [0.5, 0.6) is 11.5 Å². The molecule has 8 heteroatoms. The third-order valence-corrected chi connectivity index (χ3v) is 5.63. The summed E-state index contributed by atoms with van der Waals surface area (Å²) in [6, 6.07) is 13.3. The smallest absolute Gasteiger partial charge is 0.231 e. The van der Waals surface area contributed by atoms with Crippen LogP contribution in [0, 0.1) is 5.92 Å². The van der Waals surface area contributed by atoms with Crippen LogP contribution in [-0.4, -0.2) is 34.7 Å². The normalized spacial score (nSPS) is 17.7. The van der Waals surface area contributed by atoms with Crippen molar-refractivity contribution in [1.29, 1.82) is 0 Å². The van der Waals surface area contributed by atoms with E-state index < -0.39 is 5.92 Å². The average molecular weight is 406 g/mol. The summed E-state index contributed by atoms with van der Waals surface area (Å²) in [5.74, 6) is 1.48. The number of anilines is 1. The molecule has 0 aliphatic carbocycles. The van der Waals surface area contributed by atoms with Gasteiger partial charge in [0, 0.05) is 31.3 Å². The van der Waals surface area contributed by atoms with Gasteiger partial charge in [-0.2, -0.15) is 0 Å². The van der Waals surface area contributed by atoms with Gasteiger partial charge in [0.1, 0.15) is 5.82 Å². The number of amides is 2. The Kier molecular flexibility index (Phi) is 4.54. The van der Waals surface area contributed by atoms with Crippen molar-refractivity contribution in [3.8, 4) is 11.5 Å². The van der Waals surface area contributed by atoms with Gasteiger partial charge < -0.3 is 24.3 Å². The second kappa shape index (κ2) is 7.37. The molecule has 2 aliphatic heterocycles. The van der Waals surface area contributed by atoms with Gasteiger partial charge in [-0.05, 0) is 31.2 Å². The molecule has 0 bridgehead atoms. The molecule has 1 unspecified atom stereocenters. The second-order valence-electron chi connectivity index (χ2n) is 7.42. The summed E-state index contributed by atoms with van der Waals surface area (Å²) in [7, 11) is 0. The fourth-order valence-corrected chi connectivity index (χ4v) is 4.11. The third kappa shape index (κ3) is 3.14. The van der Waals surface area contributed by atoms with E-state index in [1.807, 2.05) is 30.3 Å². The van der Waals surface area contributed by atoms with Gasteiger partial charge in [-0.25, -0.2) is 4.98 Å². The second-order valence-corrected chi connectivity index (χ2v) is 7.42. The van der Waals surface area contributed by atoms with Crippen LogP contribution in [0.3, 0.4) is 0 Å². The predicted octanol–water partition coefficient (Wildman–Crippen LogP) is 2.45. The number of imidazole rings is 1. The Morgan fingerprint density at radius 2 is 2.03 bits per heavy atom. The Bertz CT molecular complexity index is 1140. The van der Waals surface area contributed by atoms with E-state index in [0.29, 0.717) is 30.3 Å². The number of para-hydroxylation sites is 2. The van der Waals surface area contributed by atoms with E-state index in [-0.39, 0.29) is 25.0 Å².